The minimum atomic E-state index is -0.970. The summed E-state index contributed by atoms with van der Waals surface area (Å²) in [6.45, 7) is 0. The SMILES string of the molecule is Cn1nc(C2CCCC2)c(C(=O)O)c1N. The maximum absolute atomic E-state index is 11.1. The van der Waals surface area contributed by atoms with Gasteiger partial charge in [0.05, 0.1) is 5.69 Å². The molecular formula is C10H15N3O2. The number of nitrogens with zero attached hydrogens (tertiary/aromatic N) is 2. The first-order chi connectivity index (χ1) is 7.11. The van der Waals surface area contributed by atoms with Gasteiger partial charge in [0.15, 0.2) is 0 Å². The lowest BCUT2D eigenvalue weighted by Crippen LogP contribution is -2.06. The fraction of sp³-hybridized carbons (Fsp3) is 0.600. The average Bonchev–Trinajstić information content (AvgIpc) is 2.75. The van der Waals surface area contributed by atoms with Gasteiger partial charge in [-0.1, -0.05) is 12.8 Å². The molecule has 1 aromatic rings. The van der Waals surface area contributed by atoms with E-state index in [-0.39, 0.29) is 17.3 Å². The normalized spacial score (nSPS) is 17.1. The van der Waals surface area contributed by atoms with Crippen molar-refractivity contribution in [2.75, 3.05) is 5.73 Å². The van der Waals surface area contributed by atoms with Gasteiger partial charge < -0.3 is 10.8 Å². The molecule has 1 aromatic heterocycles. The third kappa shape index (κ3) is 1.58. The Labute approximate surface area is 87.9 Å². The quantitative estimate of drug-likeness (QED) is 0.770. The van der Waals surface area contributed by atoms with Crippen LogP contribution < -0.4 is 5.73 Å². The summed E-state index contributed by atoms with van der Waals surface area (Å²) in [4.78, 5) is 11.1. The summed E-state index contributed by atoms with van der Waals surface area (Å²) in [6, 6.07) is 0. The highest BCUT2D eigenvalue weighted by atomic mass is 16.4. The van der Waals surface area contributed by atoms with Crippen molar-refractivity contribution in [3.05, 3.63) is 11.3 Å². The second kappa shape index (κ2) is 3.56. The van der Waals surface area contributed by atoms with Crippen LogP contribution in [-0.2, 0) is 7.05 Å². The Kier molecular flexibility index (Phi) is 2.38. The predicted octanol–water partition coefficient (Wildman–Crippen LogP) is 1.36. The molecule has 0 aliphatic heterocycles. The zero-order valence-electron chi connectivity index (χ0n) is 8.73. The van der Waals surface area contributed by atoms with Gasteiger partial charge in [0.1, 0.15) is 11.4 Å². The third-order valence-corrected chi connectivity index (χ3v) is 3.07. The lowest BCUT2D eigenvalue weighted by molar-refractivity contribution is 0.0696. The molecule has 0 amide bonds. The number of carbonyl (C=O) groups is 1. The van der Waals surface area contributed by atoms with Crippen molar-refractivity contribution >= 4 is 11.8 Å². The van der Waals surface area contributed by atoms with E-state index in [1.54, 1.807) is 7.05 Å². The summed E-state index contributed by atoms with van der Waals surface area (Å²) in [7, 11) is 1.68. The van der Waals surface area contributed by atoms with Crippen LogP contribution in [-0.4, -0.2) is 20.9 Å². The summed E-state index contributed by atoms with van der Waals surface area (Å²) < 4.78 is 1.46. The molecule has 1 aliphatic rings. The molecule has 0 radical (unpaired) electrons. The van der Waals surface area contributed by atoms with E-state index in [0.29, 0.717) is 5.69 Å². The highest BCUT2D eigenvalue weighted by Crippen LogP contribution is 2.36. The first kappa shape index (κ1) is 10.0. The Morgan fingerprint density at radius 2 is 2.13 bits per heavy atom. The number of carboxylic acids is 1. The van der Waals surface area contributed by atoms with Crippen LogP contribution in [0, 0.1) is 0 Å². The fourth-order valence-corrected chi connectivity index (χ4v) is 2.26. The number of rotatable bonds is 2. The molecule has 0 saturated heterocycles. The zero-order valence-corrected chi connectivity index (χ0v) is 8.73. The van der Waals surface area contributed by atoms with E-state index in [9.17, 15) is 4.79 Å². The van der Waals surface area contributed by atoms with E-state index >= 15 is 0 Å². The van der Waals surface area contributed by atoms with Crippen molar-refractivity contribution in [2.45, 2.75) is 31.6 Å². The summed E-state index contributed by atoms with van der Waals surface area (Å²) in [5.41, 5.74) is 6.56. The number of hydrogen-bond acceptors (Lipinski definition) is 3. The maximum Gasteiger partial charge on any atom is 0.341 e. The lowest BCUT2D eigenvalue weighted by Gasteiger charge is -2.05. The summed E-state index contributed by atoms with van der Waals surface area (Å²) in [5.74, 6) is -0.438. The number of hydrogen-bond donors (Lipinski definition) is 2. The first-order valence-corrected chi connectivity index (χ1v) is 5.17. The predicted molar refractivity (Wildman–Crippen MR) is 55.8 cm³/mol. The molecule has 1 aliphatic carbocycles. The lowest BCUT2D eigenvalue weighted by atomic mass is 10.00. The largest absolute Gasteiger partial charge is 0.477 e. The van der Waals surface area contributed by atoms with Gasteiger partial charge in [-0.15, -0.1) is 0 Å². The zero-order chi connectivity index (χ0) is 11.0. The first-order valence-electron chi connectivity index (χ1n) is 5.17. The molecule has 2 rings (SSSR count). The molecule has 3 N–H and O–H groups in total. The van der Waals surface area contributed by atoms with Crippen LogP contribution in [0.5, 0.6) is 0 Å². The summed E-state index contributed by atoms with van der Waals surface area (Å²) in [6.07, 6.45) is 4.36. The highest BCUT2D eigenvalue weighted by Gasteiger charge is 2.28. The van der Waals surface area contributed by atoms with Crippen LogP contribution in [0.2, 0.25) is 0 Å². The van der Waals surface area contributed by atoms with Gasteiger partial charge in [-0.25, -0.2) is 4.79 Å². The Morgan fingerprint density at radius 1 is 1.53 bits per heavy atom. The topological polar surface area (TPSA) is 81.1 Å². The molecule has 0 spiro atoms. The van der Waals surface area contributed by atoms with E-state index < -0.39 is 5.97 Å². The Bertz CT molecular complexity index is 392. The van der Waals surface area contributed by atoms with Gasteiger partial charge in [0.25, 0.3) is 0 Å². The minimum absolute atomic E-state index is 0.199. The number of nitrogens with two attached hydrogens (primary N) is 1. The summed E-state index contributed by atoms with van der Waals surface area (Å²) >= 11 is 0. The minimum Gasteiger partial charge on any atom is -0.477 e. The van der Waals surface area contributed by atoms with E-state index in [1.165, 1.54) is 4.68 Å². The standard InChI is InChI=1S/C10H15N3O2/c1-13-9(11)7(10(14)15)8(12-13)6-4-2-3-5-6/h6H,2-5,11H2,1H3,(H,14,15). The second-order valence-electron chi connectivity index (χ2n) is 4.06. The van der Waals surface area contributed by atoms with Crippen LogP contribution >= 0.6 is 0 Å². The molecule has 0 bridgehead atoms. The molecule has 0 atom stereocenters. The number of anilines is 1. The van der Waals surface area contributed by atoms with Gasteiger partial charge in [0.2, 0.25) is 0 Å². The van der Waals surface area contributed by atoms with Crippen LogP contribution in [0.15, 0.2) is 0 Å². The molecule has 1 fully saturated rings. The molecule has 82 valence electrons. The number of aryl methyl sites for hydroxylation is 1. The molecule has 5 nitrogen and oxygen atoms in total. The van der Waals surface area contributed by atoms with Crippen LogP contribution in [0.4, 0.5) is 5.82 Å². The maximum atomic E-state index is 11.1. The number of aromatic carboxylic acids is 1. The van der Waals surface area contributed by atoms with Gasteiger partial charge in [-0.3, -0.25) is 4.68 Å². The van der Waals surface area contributed by atoms with Crippen molar-refractivity contribution in [3.8, 4) is 0 Å². The number of nitrogen functional groups attached to an aromatic ring is 1. The van der Waals surface area contributed by atoms with Crippen molar-refractivity contribution in [2.24, 2.45) is 7.05 Å². The van der Waals surface area contributed by atoms with Gasteiger partial charge >= 0.3 is 5.97 Å². The van der Waals surface area contributed by atoms with Crippen LogP contribution in [0.1, 0.15) is 47.7 Å². The second-order valence-corrected chi connectivity index (χ2v) is 4.06. The number of aromatic nitrogens is 2. The van der Waals surface area contributed by atoms with Gasteiger partial charge in [-0.05, 0) is 12.8 Å². The van der Waals surface area contributed by atoms with Crippen LogP contribution in [0.25, 0.3) is 0 Å². The molecule has 0 aromatic carbocycles. The Hall–Kier alpha value is -1.52. The molecule has 1 saturated carbocycles. The molecule has 1 heterocycles. The van der Waals surface area contributed by atoms with Crippen molar-refractivity contribution in [3.63, 3.8) is 0 Å². The summed E-state index contributed by atoms with van der Waals surface area (Å²) in [5, 5.41) is 13.3. The van der Waals surface area contributed by atoms with E-state index in [2.05, 4.69) is 5.10 Å². The number of carboxylic acid groups (broad SMARTS) is 1. The molecule has 0 unspecified atom stereocenters. The van der Waals surface area contributed by atoms with Gasteiger partial charge in [-0.2, -0.15) is 5.10 Å². The van der Waals surface area contributed by atoms with Gasteiger partial charge in [0, 0.05) is 13.0 Å². The van der Waals surface area contributed by atoms with E-state index in [0.717, 1.165) is 25.7 Å². The molecular weight excluding hydrogens is 194 g/mol. The average molecular weight is 209 g/mol. The molecule has 15 heavy (non-hydrogen) atoms. The molecule has 5 heteroatoms. The fourth-order valence-electron chi connectivity index (χ4n) is 2.26. The smallest absolute Gasteiger partial charge is 0.341 e. The van der Waals surface area contributed by atoms with E-state index in [4.69, 9.17) is 10.8 Å². The van der Waals surface area contributed by atoms with E-state index in [1.807, 2.05) is 0 Å². The Balaban J connectivity index is 2.45. The van der Waals surface area contributed by atoms with Crippen LogP contribution in [0.3, 0.4) is 0 Å². The van der Waals surface area contributed by atoms with Crippen molar-refractivity contribution < 1.29 is 9.90 Å². The Morgan fingerprint density at radius 3 is 2.67 bits per heavy atom. The van der Waals surface area contributed by atoms with Crippen molar-refractivity contribution in [1.29, 1.82) is 0 Å². The monoisotopic (exact) mass is 209 g/mol. The highest BCUT2D eigenvalue weighted by molar-refractivity contribution is 5.94. The third-order valence-electron chi connectivity index (χ3n) is 3.07. The van der Waals surface area contributed by atoms with Crippen molar-refractivity contribution in [1.82, 2.24) is 9.78 Å².